The minimum Gasteiger partial charge on any atom is -0.481 e. The molecule has 0 aromatic carbocycles. The molecule has 2 N–H and O–H groups in total. The van der Waals surface area contributed by atoms with Crippen LogP contribution in [0.5, 0.6) is 0 Å². The van der Waals surface area contributed by atoms with Crippen LogP contribution in [0.1, 0.15) is 37.8 Å². The van der Waals surface area contributed by atoms with Crippen molar-refractivity contribution < 1.29 is 14.7 Å². The summed E-state index contributed by atoms with van der Waals surface area (Å²) in [6, 6.07) is 1.88. The van der Waals surface area contributed by atoms with Crippen molar-refractivity contribution in [1.29, 1.82) is 0 Å². The molecule has 1 aromatic rings. The van der Waals surface area contributed by atoms with Crippen molar-refractivity contribution in [2.24, 2.45) is 0 Å². The third kappa shape index (κ3) is 7.86. The number of carbonyl (C=O) groups is 2. The smallest absolute Gasteiger partial charge is 0.303 e. The average Bonchev–Trinajstić information content (AvgIpc) is 2.39. The Morgan fingerprint density at radius 2 is 2.05 bits per heavy atom. The van der Waals surface area contributed by atoms with Crippen molar-refractivity contribution in [2.45, 2.75) is 38.5 Å². The number of nitrogens with one attached hydrogen (secondary N) is 1. The zero-order valence-electron chi connectivity index (χ0n) is 10.8. The zero-order valence-corrected chi connectivity index (χ0v) is 10.8. The number of amides is 1. The number of carboxylic acid groups (broad SMARTS) is 1. The van der Waals surface area contributed by atoms with Gasteiger partial charge in [0.15, 0.2) is 0 Å². The van der Waals surface area contributed by atoms with Gasteiger partial charge in [0.2, 0.25) is 5.91 Å². The molecule has 0 saturated carbocycles. The molecule has 0 saturated heterocycles. The van der Waals surface area contributed by atoms with E-state index in [-0.39, 0.29) is 18.7 Å². The van der Waals surface area contributed by atoms with E-state index < -0.39 is 5.97 Å². The lowest BCUT2D eigenvalue weighted by Gasteiger charge is -2.04. The number of hydrogen-bond donors (Lipinski definition) is 2. The van der Waals surface area contributed by atoms with Gasteiger partial charge >= 0.3 is 5.97 Å². The van der Waals surface area contributed by atoms with Gasteiger partial charge in [-0.25, -0.2) is 9.97 Å². The first-order chi connectivity index (χ1) is 9.18. The molecule has 104 valence electrons. The number of carbonyl (C=O) groups excluding carboxylic acids is 1. The molecule has 6 nitrogen and oxygen atoms in total. The molecule has 0 aliphatic heterocycles. The summed E-state index contributed by atoms with van der Waals surface area (Å²) in [7, 11) is 0. The fraction of sp³-hybridized carbons (Fsp3) is 0.538. The summed E-state index contributed by atoms with van der Waals surface area (Å²) < 4.78 is 0. The number of aliphatic carboxylic acids is 1. The number of rotatable bonds is 9. The summed E-state index contributed by atoms with van der Waals surface area (Å²) >= 11 is 0. The summed E-state index contributed by atoms with van der Waals surface area (Å²) in [6.45, 7) is 0.622. The first kappa shape index (κ1) is 15.1. The van der Waals surface area contributed by atoms with Gasteiger partial charge in [0.05, 0.1) is 0 Å². The Morgan fingerprint density at radius 1 is 1.21 bits per heavy atom. The van der Waals surface area contributed by atoms with E-state index >= 15 is 0 Å². The topological polar surface area (TPSA) is 92.2 Å². The minimum absolute atomic E-state index is 0.0428. The molecule has 6 heteroatoms. The van der Waals surface area contributed by atoms with Crippen LogP contribution >= 0.6 is 0 Å². The van der Waals surface area contributed by atoms with E-state index in [2.05, 4.69) is 15.3 Å². The van der Waals surface area contributed by atoms with Crippen LogP contribution in [0, 0.1) is 0 Å². The molecule has 1 heterocycles. The van der Waals surface area contributed by atoms with Crippen LogP contribution in [0.25, 0.3) is 0 Å². The molecular weight excluding hydrogens is 246 g/mol. The molecule has 1 rings (SSSR count). The lowest BCUT2D eigenvalue weighted by atomic mass is 10.2. The highest BCUT2D eigenvalue weighted by atomic mass is 16.4. The molecule has 0 fully saturated rings. The summed E-state index contributed by atoms with van der Waals surface area (Å²) in [4.78, 5) is 29.6. The van der Waals surface area contributed by atoms with E-state index in [1.165, 1.54) is 6.33 Å². The van der Waals surface area contributed by atoms with Crippen molar-refractivity contribution in [3.8, 4) is 0 Å². The minimum atomic E-state index is -0.863. The monoisotopic (exact) mass is 265 g/mol. The van der Waals surface area contributed by atoms with Crippen LogP contribution < -0.4 is 5.32 Å². The molecule has 0 radical (unpaired) electrons. The largest absolute Gasteiger partial charge is 0.481 e. The molecule has 0 spiro atoms. The summed E-state index contributed by atoms with van der Waals surface area (Å²) in [6.07, 6.45) is 6.66. The summed E-state index contributed by atoms with van der Waals surface area (Å²) in [5.74, 6) is -0.944. The summed E-state index contributed by atoms with van der Waals surface area (Å²) in [5, 5.41) is 11.2. The molecule has 1 amide bonds. The number of aryl methyl sites for hydroxylation is 1. The second kappa shape index (κ2) is 9.02. The third-order valence-electron chi connectivity index (χ3n) is 2.62. The fourth-order valence-corrected chi connectivity index (χ4v) is 1.61. The van der Waals surface area contributed by atoms with E-state index in [9.17, 15) is 9.59 Å². The van der Waals surface area contributed by atoms with Gasteiger partial charge in [-0.2, -0.15) is 0 Å². The molecule has 19 heavy (non-hydrogen) atoms. The lowest BCUT2D eigenvalue weighted by molar-refractivity contribution is -0.137. The Labute approximate surface area is 112 Å². The highest BCUT2D eigenvalue weighted by Gasteiger charge is 2.03. The zero-order chi connectivity index (χ0) is 13.9. The molecule has 0 bridgehead atoms. The van der Waals surface area contributed by atoms with E-state index in [4.69, 9.17) is 5.11 Å². The van der Waals surface area contributed by atoms with Crippen molar-refractivity contribution in [3.63, 3.8) is 0 Å². The molecule has 0 unspecified atom stereocenters. The number of hydrogen-bond acceptors (Lipinski definition) is 4. The summed E-state index contributed by atoms with van der Waals surface area (Å²) in [5.41, 5.74) is 1.00. The van der Waals surface area contributed by atoms with E-state index in [0.29, 0.717) is 13.0 Å². The van der Waals surface area contributed by atoms with Gasteiger partial charge in [0, 0.05) is 31.3 Å². The van der Waals surface area contributed by atoms with Gasteiger partial charge in [-0.3, -0.25) is 9.59 Å². The van der Waals surface area contributed by atoms with E-state index in [1.807, 2.05) is 6.07 Å². The van der Waals surface area contributed by atoms with Crippen LogP contribution in [0.15, 0.2) is 18.6 Å². The van der Waals surface area contributed by atoms with Gasteiger partial charge in [-0.05, 0) is 31.7 Å². The molecule has 0 atom stereocenters. The number of carboxylic acids is 1. The Kier molecular flexibility index (Phi) is 7.16. The Hall–Kier alpha value is -1.98. The second-order valence-electron chi connectivity index (χ2n) is 4.26. The van der Waals surface area contributed by atoms with Crippen molar-refractivity contribution >= 4 is 11.9 Å². The van der Waals surface area contributed by atoms with Crippen molar-refractivity contribution in [2.75, 3.05) is 6.54 Å². The first-order valence-corrected chi connectivity index (χ1v) is 6.42. The van der Waals surface area contributed by atoms with Crippen molar-refractivity contribution in [3.05, 3.63) is 24.3 Å². The lowest BCUT2D eigenvalue weighted by Crippen LogP contribution is -2.24. The van der Waals surface area contributed by atoms with Crippen LogP contribution in [0.4, 0.5) is 0 Å². The van der Waals surface area contributed by atoms with Gasteiger partial charge < -0.3 is 10.4 Å². The highest BCUT2D eigenvalue weighted by molar-refractivity contribution is 5.76. The molecule has 0 aliphatic rings. The molecule has 1 aromatic heterocycles. The Morgan fingerprint density at radius 3 is 2.74 bits per heavy atom. The van der Waals surface area contributed by atoms with Gasteiger partial charge in [0.1, 0.15) is 6.33 Å². The van der Waals surface area contributed by atoms with Gasteiger partial charge in [0.25, 0.3) is 0 Å². The van der Waals surface area contributed by atoms with Crippen LogP contribution in [0.3, 0.4) is 0 Å². The Bertz CT molecular complexity index is 395. The Balaban J connectivity index is 1.98. The van der Waals surface area contributed by atoms with Crippen LogP contribution in [0.2, 0.25) is 0 Å². The predicted molar refractivity (Wildman–Crippen MR) is 69.5 cm³/mol. The maximum absolute atomic E-state index is 11.3. The highest BCUT2D eigenvalue weighted by Crippen LogP contribution is 2.00. The first-order valence-electron chi connectivity index (χ1n) is 6.42. The van der Waals surface area contributed by atoms with Gasteiger partial charge in [-0.15, -0.1) is 0 Å². The maximum Gasteiger partial charge on any atom is 0.303 e. The number of aromatic nitrogens is 2. The number of nitrogens with zero attached hydrogens (tertiary/aromatic N) is 2. The predicted octanol–water partition coefficient (Wildman–Crippen LogP) is 1.17. The standard InChI is InChI=1S/C13H19N3O3/c17-12(5-3-6-13(18)19)15-8-2-1-4-11-7-9-14-10-16-11/h7,9-10H,1-6,8H2,(H,15,17)(H,18,19). The van der Waals surface area contributed by atoms with Gasteiger partial charge in [-0.1, -0.05) is 0 Å². The SMILES string of the molecule is O=C(O)CCCC(=O)NCCCCc1ccncn1. The second-order valence-corrected chi connectivity index (χ2v) is 4.26. The third-order valence-corrected chi connectivity index (χ3v) is 2.62. The van der Waals surface area contributed by atoms with Crippen molar-refractivity contribution in [1.82, 2.24) is 15.3 Å². The van der Waals surface area contributed by atoms with E-state index in [1.54, 1.807) is 6.20 Å². The molecular formula is C13H19N3O3. The van der Waals surface area contributed by atoms with Crippen LogP contribution in [-0.2, 0) is 16.0 Å². The number of unbranched alkanes of at least 4 members (excludes halogenated alkanes) is 1. The van der Waals surface area contributed by atoms with Crippen LogP contribution in [-0.4, -0.2) is 33.5 Å². The average molecular weight is 265 g/mol. The quantitative estimate of drug-likeness (QED) is 0.654. The normalized spacial score (nSPS) is 10.1. The fourth-order valence-electron chi connectivity index (χ4n) is 1.61. The van der Waals surface area contributed by atoms with E-state index in [0.717, 1.165) is 25.0 Å². The molecule has 0 aliphatic carbocycles. The maximum atomic E-state index is 11.3.